The van der Waals surface area contributed by atoms with Crippen molar-refractivity contribution in [3.05, 3.63) is 162 Å². The van der Waals surface area contributed by atoms with Gasteiger partial charge in [-0.3, -0.25) is 0 Å². The fourth-order valence-electron chi connectivity index (χ4n) is 9.40. The topological polar surface area (TPSA) is 6.48 Å². The van der Waals surface area contributed by atoms with Crippen molar-refractivity contribution in [3.8, 4) is 11.1 Å². The summed E-state index contributed by atoms with van der Waals surface area (Å²) in [7, 11) is 0. The minimum Gasteiger partial charge on any atom is -0.311 e. The van der Waals surface area contributed by atoms with E-state index < -0.39 is 0 Å². The average Bonchev–Trinajstić information content (AvgIpc) is 3.18. The molecule has 0 bridgehead atoms. The van der Waals surface area contributed by atoms with Crippen LogP contribution in [0.4, 0.5) is 34.1 Å². The van der Waals surface area contributed by atoms with Crippen molar-refractivity contribution in [3.63, 3.8) is 0 Å². The normalized spacial score (nSPS) is 14.0. The Morgan fingerprint density at radius 3 is 1.39 bits per heavy atom. The molecule has 2 aliphatic heterocycles. The lowest BCUT2D eigenvalue weighted by molar-refractivity contribution is 0.590. The molecule has 0 spiro atoms. The zero-order chi connectivity index (χ0) is 41.8. The second kappa shape index (κ2) is 13.5. The monoisotopic (exact) mass is 770 g/mol. The van der Waals surface area contributed by atoms with Crippen molar-refractivity contribution in [2.24, 2.45) is 0 Å². The van der Waals surface area contributed by atoms with Crippen LogP contribution in [0.3, 0.4) is 0 Å². The van der Waals surface area contributed by atoms with Crippen molar-refractivity contribution in [2.75, 3.05) is 9.80 Å². The highest BCUT2D eigenvalue weighted by Crippen LogP contribution is 2.48. The first-order valence-electron chi connectivity index (χ1n) is 21.6. The maximum Gasteiger partial charge on any atom is 0.252 e. The van der Waals surface area contributed by atoms with Gasteiger partial charge in [-0.1, -0.05) is 174 Å². The summed E-state index contributed by atoms with van der Waals surface area (Å²) in [5, 5.41) is 2.52. The first-order valence-corrected chi connectivity index (χ1v) is 21.6. The molecule has 9 rings (SSSR count). The molecule has 296 valence electrons. The number of anilines is 6. The van der Waals surface area contributed by atoms with Gasteiger partial charge in [-0.05, 0) is 125 Å². The van der Waals surface area contributed by atoms with Crippen molar-refractivity contribution >= 4 is 68.0 Å². The quantitative estimate of drug-likeness (QED) is 0.165. The summed E-state index contributed by atoms with van der Waals surface area (Å²) in [6, 6.07) is 53.8. The van der Waals surface area contributed by atoms with Gasteiger partial charge in [0.25, 0.3) is 6.71 Å². The molecule has 0 atom stereocenters. The minimum atomic E-state index is -0.0201. The number of hydrogen-bond acceptors (Lipinski definition) is 2. The zero-order valence-corrected chi connectivity index (χ0v) is 37.3. The van der Waals surface area contributed by atoms with Gasteiger partial charge in [0.2, 0.25) is 0 Å². The molecule has 0 unspecified atom stereocenters. The summed E-state index contributed by atoms with van der Waals surface area (Å²) in [6.07, 6.45) is 0. The fourth-order valence-corrected chi connectivity index (χ4v) is 9.40. The van der Waals surface area contributed by atoms with Gasteiger partial charge in [0.15, 0.2) is 0 Å². The Hall–Kier alpha value is -5.54. The standard InChI is InChI=1S/C56H59BN2/c1-53(2,3)37-23-28-41(29-24-37)58-48-31-26-39(55(7,8)9)34-45(48)57-46-35-40(56(10,11)12)27-32-49(46)59(51-22-16-21-50(58)52(51)57)47-30-25-38(54(4,5)6)33-44(47)43-20-15-18-36-17-13-14-19-42(36)43/h13-35H,1-12H3. The summed E-state index contributed by atoms with van der Waals surface area (Å²) in [5.41, 5.74) is 19.3. The number of fused-ring (bicyclic) bond motifs is 5. The van der Waals surface area contributed by atoms with Crippen molar-refractivity contribution in [2.45, 2.75) is 105 Å². The smallest absolute Gasteiger partial charge is 0.252 e. The Labute approximate surface area is 354 Å². The summed E-state index contributed by atoms with van der Waals surface area (Å²) in [5.74, 6) is 0. The summed E-state index contributed by atoms with van der Waals surface area (Å²) in [6.45, 7) is 27.9. The number of rotatable bonds is 3. The largest absolute Gasteiger partial charge is 0.311 e. The van der Waals surface area contributed by atoms with Crippen molar-refractivity contribution in [1.29, 1.82) is 0 Å². The molecule has 2 heterocycles. The van der Waals surface area contributed by atoms with E-state index in [0.717, 1.165) is 0 Å². The van der Waals surface area contributed by atoms with Gasteiger partial charge in [0.05, 0.1) is 5.69 Å². The average molecular weight is 771 g/mol. The molecule has 3 heteroatoms. The molecule has 59 heavy (non-hydrogen) atoms. The Morgan fingerprint density at radius 2 is 0.814 bits per heavy atom. The third-order valence-corrected chi connectivity index (χ3v) is 12.9. The van der Waals surface area contributed by atoms with Gasteiger partial charge in [-0.15, -0.1) is 0 Å². The fraction of sp³-hybridized carbons (Fsp3) is 0.286. The maximum atomic E-state index is 2.60. The third-order valence-electron chi connectivity index (χ3n) is 12.9. The first-order chi connectivity index (χ1) is 27.8. The van der Waals surface area contributed by atoms with E-state index in [4.69, 9.17) is 0 Å². The van der Waals surface area contributed by atoms with Crippen LogP contribution in [0.25, 0.3) is 21.9 Å². The van der Waals surface area contributed by atoms with Crippen LogP contribution in [0.15, 0.2) is 140 Å². The summed E-state index contributed by atoms with van der Waals surface area (Å²) < 4.78 is 0. The molecule has 0 amide bonds. The highest BCUT2D eigenvalue weighted by molar-refractivity contribution is 7.00. The van der Waals surface area contributed by atoms with E-state index in [1.165, 1.54) is 94.7 Å². The first kappa shape index (κ1) is 39.0. The SMILES string of the molecule is CC(C)(C)c1ccc(N2c3ccc(C(C)(C)C)cc3B3c4cc(C(C)(C)C)ccc4N(c4ccc(C(C)(C)C)cc4-c4cccc5ccccc45)c4cccc2c43)cc1. The van der Waals surface area contributed by atoms with Gasteiger partial charge in [0, 0.05) is 34.0 Å². The zero-order valence-electron chi connectivity index (χ0n) is 37.3. The maximum absolute atomic E-state index is 2.60. The molecule has 0 saturated heterocycles. The molecule has 2 nitrogen and oxygen atoms in total. The van der Waals surface area contributed by atoms with E-state index in [-0.39, 0.29) is 28.4 Å². The Balaban J connectivity index is 1.38. The van der Waals surface area contributed by atoms with Gasteiger partial charge < -0.3 is 9.80 Å². The molecule has 0 aliphatic carbocycles. The summed E-state index contributed by atoms with van der Waals surface area (Å²) >= 11 is 0. The Kier molecular flexibility index (Phi) is 8.91. The lowest BCUT2D eigenvalue weighted by atomic mass is 9.33. The van der Waals surface area contributed by atoms with E-state index in [2.05, 4.69) is 232 Å². The van der Waals surface area contributed by atoms with Gasteiger partial charge in [-0.2, -0.15) is 0 Å². The Bertz CT molecular complexity index is 2760. The molecule has 0 aromatic heterocycles. The number of benzene rings is 7. The second-order valence-corrected chi connectivity index (χ2v) is 21.2. The number of hydrogen-bond donors (Lipinski definition) is 0. The van der Waals surface area contributed by atoms with Gasteiger partial charge in [-0.25, -0.2) is 0 Å². The van der Waals surface area contributed by atoms with E-state index in [1.807, 2.05) is 0 Å². The molecule has 0 fully saturated rings. The summed E-state index contributed by atoms with van der Waals surface area (Å²) in [4.78, 5) is 5.13. The molecular weight excluding hydrogens is 711 g/mol. The van der Waals surface area contributed by atoms with Crippen LogP contribution in [-0.2, 0) is 21.7 Å². The van der Waals surface area contributed by atoms with Crippen LogP contribution < -0.4 is 26.2 Å². The molecule has 2 aliphatic rings. The van der Waals surface area contributed by atoms with Gasteiger partial charge in [0.1, 0.15) is 0 Å². The molecule has 7 aromatic rings. The van der Waals surface area contributed by atoms with E-state index in [9.17, 15) is 0 Å². The molecule has 0 radical (unpaired) electrons. The van der Waals surface area contributed by atoms with E-state index in [0.29, 0.717) is 0 Å². The molecule has 0 N–H and O–H groups in total. The van der Waals surface area contributed by atoms with Crippen LogP contribution >= 0.6 is 0 Å². The van der Waals surface area contributed by atoms with Crippen LogP contribution in [0.1, 0.15) is 105 Å². The van der Waals surface area contributed by atoms with E-state index in [1.54, 1.807) is 0 Å². The van der Waals surface area contributed by atoms with Gasteiger partial charge >= 0.3 is 0 Å². The van der Waals surface area contributed by atoms with Crippen molar-refractivity contribution in [1.82, 2.24) is 0 Å². The number of nitrogens with zero attached hydrogens (tertiary/aromatic N) is 2. The lowest BCUT2D eigenvalue weighted by Crippen LogP contribution is -2.61. The minimum absolute atomic E-state index is 0.00698. The highest BCUT2D eigenvalue weighted by Gasteiger charge is 2.44. The van der Waals surface area contributed by atoms with Crippen LogP contribution in [0, 0.1) is 0 Å². The molecule has 0 saturated carbocycles. The molecule has 7 aromatic carbocycles. The van der Waals surface area contributed by atoms with Crippen molar-refractivity contribution < 1.29 is 0 Å². The molecular formula is C56H59BN2. The third kappa shape index (κ3) is 6.58. The lowest BCUT2D eigenvalue weighted by Gasteiger charge is -2.45. The predicted molar refractivity (Wildman–Crippen MR) is 258 cm³/mol. The van der Waals surface area contributed by atoms with Crippen LogP contribution in [0.2, 0.25) is 0 Å². The second-order valence-electron chi connectivity index (χ2n) is 21.2. The van der Waals surface area contributed by atoms with Crippen LogP contribution in [0.5, 0.6) is 0 Å². The highest BCUT2D eigenvalue weighted by atomic mass is 15.2. The Morgan fingerprint density at radius 1 is 0.356 bits per heavy atom. The van der Waals surface area contributed by atoms with Crippen LogP contribution in [-0.4, -0.2) is 6.71 Å². The van der Waals surface area contributed by atoms with E-state index >= 15 is 0 Å². The predicted octanol–water partition coefficient (Wildman–Crippen LogP) is 13.8.